The summed E-state index contributed by atoms with van der Waals surface area (Å²) in [5.41, 5.74) is 5.66. The number of pyridine rings is 1. The van der Waals surface area contributed by atoms with Crippen LogP contribution in [0.3, 0.4) is 0 Å². The number of benzene rings is 2. The lowest BCUT2D eigenvalue weighted by atomic mass is 10.1. The number of carbonyl (C=O) groups is 1. The lowest BCUT2D eigenvalue weighted by Crippen LogP contribution is -2.12. The molecule has 1 amide bonds. The lowest BCUT2D eigenvalue weighted by Gasteiger charge is -2.10. The average Bonchev–Trinajstić information content (AvgIpc) is 3.41. The molecule has 0 atom stereocenters. The zero-order valence-electron chi connectivity index (χ0n) is 16.2. The third kappa shape index (κ3) is 3.59. The number of thiophene rings is 2. The van der Waals surface area contributed by atoms with Crippen molar-refractivity contribution in [1.82, 2.24) is 4.98 Å². The highest BCUT2D eigenvalue weighted by Crippen LogP contribution is 2.44. The summed E-state index contributed by atoms with van der Waals surface area (Å²) in [4.78, 5) is 18.0. The standard InChI is InChI=1S/C23H14F3N3OS2/c24-23(25,26)15-11-16(17-6-3-9-31-17)29-22-18(15)19(27)20(32-22)21(30)28-14-8-7-12-4-1-2-5-13(12)10-14/h1-11H,27H2,(H,28,30). The molecular weight excluding hydrogens is 455 g/mol. The number of amides is 1. The Balaban J connectivity index is 1.59. The molecular formula is C23H14F3N3OS2. The van der Waals surface area contributed by atoms with Crippen LogP contribution in [0, 0.1) is 0 Å². The van der Waals surface area contributed by atoms with Crippen LogP contribution < -0.4 is 11.1 Å². The van der Waals surface area contributed by atoms with Crippen molar-refractivity contribution < 1.29 is 18.0 Å². The molecule has 5 rings (SSSR count). The van der Waals surface area contributed by atoms with Crippen molar-refractivity contribution >= 4 is 60.9 Å². The minimum absolute atomic E-state index is 0.00510. The molecule has 0 bridgehead atoms. The van der Waals surface area contributed by atoms with Crippen LogP contribution in [0.1, 0.15) is 15.2 Å². The summed E-state index contributed by atoms with van der Waals surface area (Å²) in [5, 5.41) is 6.19. The van der Waals surface area contributed by atoms with Gasteiger partial charge in [-0.05, 0) is 40.4 Å². The first kappa shape index (κ1) is 20.5. The van der Waals surface area contributed by atoms with E-state index in [0.29, 0.717) is 10.6 Å². The normalized spacial score (nSPS) is 11.8. The largest absolute Gasteiger partial charge is 0.417 e. The Morgan fingerprint density at radius 3 is 2.50 bits per heavy atom. The molecule has 9 heteroatoms. The second-order valence-electron chi connectivity index (χ2n) is 7.07. The summed E-state index contributed by atoms with van der Waals surface area (Å²) >= 11 is 2.14. The van der Waals surface area contributed by atoms with E-state index < -0.39 is 17.6 Å². The monoisotopic (exact) mass is 469 g/mol. The SMILES string of the molecule is Nc1c(C(=O)Nc2ccc3ccccc3c2)sc2nc(-c3cccs3)cc(C(F)(F)F)c12. The number of alkyl halides is 3. The number of nitrogen functional groups attached to an aromatic ring is 1. The van der Waals surface area contributed by atoms with Gasteiger partial charge in [0.05, 0.1) is 21.8 Å². The number of anilines is 2. The van der Waals surface area contributed by atoms with Gasteiger partial charge in [0.2, 0.25) is 0 Å². The number of nitrogens with zero attached hydrogens (tertiary/aromatic N) is 1. The Morgan fingerprint density at radius 2 is 1.78 bits per heavy atom. The fourth-order valence-corrected chi connectivity index (χ4v) is 5.22. The molecule has 3 aromatic heterocycles. The van der Waals surface area contributed by atoms with Gasteiger partial charge in [0.25, 0.3) is 5.91 Å². The van der Waals surface area contributed by atoms with Crippen LogP contribution >= 0.6 is 22.7 Å². The van der Waals surface area contributed by atoms with Crippen molar-refractivity contribution in [2.75, 3.05) is 11.1 Å². The van der Waals surface area contributed by atoms with Crippen LogP contribution in [-0.2, 0) is 6.18 Å². The summed E-state index contributed by atoms with van der Waals surface area (Å²) in [5.74, 6) is -0.577. The van der Waals surface area contributed by atoms with Crippen molar-refractivity contribution in [2.24, 2.45) is 0 Å². The van der Waals surface area contributed by atoms with Crippen LogP contribution in [0.15, 0.2) is 66.0 Å². The van der Waals surface area contributed by atoms with Crippen molar-refractivity contribution in [3.8, 4) is 10.6 Å². The maximum atomic E-state index is 13.8. The van der Waals surface area contributed by atoms with Crippen LogP contribution in [0.25, 0.3) is 31.6 Å². The van der Waals surface area contributed by atoms with Crippen molar-refractivity contribution in [3.05, 3.63) is 76.5 Å². The first-order valence-corrected chi connectivity index (χ1v) is 11.1. The third-order valence-corrected chi connectivity index (χ3v) is 6.98. The van der Waals surface area contributed by atoms with Gasteiger partial charge in [-0.25, -0.2) is 4.98 Å². The quantitative estimate of drug-likeness (QED) is 0.298. The van der Waals surface area contributed by atoms with E-state index in [2.05, 4.69) is 10.3 Å². The summed E-state index contributed by atoms with van der Waals surface area (Å²) in [6.45, 7) is 0. The minimum Gasteiger partial charge on any atom is -0.397 e. The fraction of sp³-hybridized carbons (Fsp3) is 0.0435. The molecule has 32 heavy (non-hydrogen) atoms. The zero-order chi connectivity index (χ0) is 22.5. The number of nitrogens with one attached hydrogen (secondary N) is 1. The molecule has 0 saturated carbocycles. The van der Waals surface area contributed by atoms with Gasteiger partial charge in [0.15, 0.2) is 0 Å². The summed E-state index contributed by atoms with van der Waals surface area (Å²) < 4.78 is 41.5. The number of aromatic nitrogens is 1. The average molecular weight is 470 g/mol. The predicted molar refractivity (Wildman–Crippen MR) is 124 cm³/mol. The first-order valence-electron chi connectivity index (χ1n) is 9.45. The number of hydrogen-bond acceptors (Lipinski definition) is 5. The van der Waals surface area contributed by atoms with E-state index in [1.54, 1.807) is 29.6 Å². The molecule has 0 aliphatic heterocycles. The Kier molecular flexibility index (Phi) is 4.87. The first-order chi connectivity index (χ1) is 15.3. The molecule has 3 heterocycles. The fourth-order valence-electron chi connectivity index (χ4n) is 3.52. The molecule has 0 fully saturated rings. The highest BCUT2D eigenvalue weighted by molar-refractivity contribution is 7.21. The van der Waals surface area contributed by atoms with Gasteiger partial charge in [-0.3, -0.25) is 4.79 Å². The van der Waals surface area contributed by atoms with E-state index in [1.807, 2.05) is 30.3 Å². The van der Waals surface area contributed by atoms with E-state index in [0.717, 1.165) is 28.2 Å². The van der Waals surface area contributed by atoms with E-state index in [4.69, 9.17) is 5.73 Å². The predicted octanol–water partition coefficient (Wildman–Crippen LogP) is 7.03. The van der Waals surface area contributed by atoms with Gasteiger partial charge >= 0.3 is 6.18 Å². The second kappa shape index (κ2) is 7.61. The van der Waals surface area contributed by atoms with E-state index >= 15 is 0 Å². The molecule has 5 aromatic rings. The molecule has 0 aliphatic rings. The van der Waals surface area contributed by atoms with Crippen molar-refractivity contribution in [1.29, 1.82) is 0 Å². The molecule has 0 spiro atoms. The molecule has 0 saturated heterocycles. The van der Waals surface area contributed by atoms with Gasteiger partial charge in [0.1, 0.15) is 9.71 Å². The number of carbonyl (C=O) groups excluding carboxylic acids is 1. The summed E-state index contributed by atoms with van der Waals surface area (Å²) in [7, 11) is 0. The molecule has 160 valence electrons. The smallest absolute Gasteiger partial charge is 0.397 e. The van der Waals surface area contributed by atoms with Crippen LogP contribution in [0.2, 0.25) is 0 Å². The molecule has 0 aliphatic carbocycles. The molecule has 4 nitrogen and oxygen atoms in total. The Labute approximate surface area is 188 Å². The Bertz CT molecular complexity index is 1470. The van der Waals surface area contributed by atoms with Crippen LogP contribution in [0.4, 0.5) is 24.5 Å². The number of halogens is 3. The topological polar surface area (TPSA) is 68.0 Å². The third-order valence-electron chi connectivity index (χ3n) is 4.99. The Morgan fingerprint density at radius 1 is 1.00 bits per heavy atom. The van der Waals surface area contributed by atoms with Crippen LogP contribution in [0.5, 0.6) is 0 Å². The van der Waals surface area contributed by atoms with Gasteiger partial charge in [0, 0.05) is 11.1 Å². The summed E-state index contributed by atoms with van der Waals surface area (Å²) in [6.07, 6.45) is -4.64. The maximum Gasteiger partial charge on any atom is 0.417 e. The van der Waals surface area contributed by atoms with Crippen LogP contribution in [-0.4, -0.2) is 10.9 Å². The van der Waals surface area contributed by atoms with Crippen molar-refractivity contribution in [3.63, 3.8) is 0 Å². The maximum absolute atomic E-state index is 13.8. The van der Waals surface area contributed by atoms with Gasteiger partial charge in [-0.1, -0.05) is 36.4 Å². The number of fused-ring (bicyclic) bond motifs is 2. The molecule has 0 unspecified atom stereocenters. The van der Waals surface area contributed by atoms with E-state index in [9.17, 15) is 18.0 Å². The lowest BCUT2D eigenvalue weighted by molar-refractivity contribution is -0.136. The highest BCUT2D eigenvalue weighted by Gasteiger charge is 2.36. The zero-order valence-corrected chi connectivity index (χ0v) is 17.9. The number of hydrogen-bond donors (Lipinski definition) is 2. The van der Waals surface area contributed by atoms with Gasteiger partial charge in [-0.2, -0.15) is 13.2 Å². The van der Waals surface area contributed by atoms with Gasteiger partial charge < -0.3 is 11.1 Å². The number of nitrogens with two attached hydrogens (primary N) is 1. The van der Waals surface area contributed by atoms with Gasteiger partial charge in [-0.15, -0.1) is 22.7 Å². The van der Waals surface area contributed by atoms with E-state index in [1.165, 1.54) is 11.3 Å². The minimum atomic E-state index is -4.64. The number of rotatable bonds is 3. The highest BCUT2D eigenvalue weighted by atomic mass is 32.1. The summed E-state index contributed by atoms with van der Waals surface area (Å²) in [6, 6.07) is 17.5. The Hall–Kier alpha value is -3.43. The second-order valence-corrected chi connectivity index (χ2v) is 9.02. The van der Waals surface area contributed by atoms with E-state index in [-0.39, 0.29) is 26.5 Å². The van der Waals surface area contributed by atoms with Crippen molar-refractivity contribution in [2.45, 2.75) is 6.18 Å². The molecule has 2 aromatic carbocycles. The molecule has 0 radical (unpaired) electrons. The molecule has 3 N–H and O–H groups in total.